The highest BCUT2D eigenvalue weighted by Crippen LogP contribution is 2.45. The molecule has 2 aromatic rings. The molecule has 0 saturated carbocycles. The topological polar surface area (TPSA) is 70.9 Å². The summed E-state index contributed by atoms with van der Waals surface area (Å²) in [6, 6.07) is 14.3. The van der Waals surface area contributed by atoms with Crippen molar-refractivity contribution in [2.75, 3.05) is 26.1 Å². The summed E-state index contributed by atoms with van der Waals surface area (Å²) in [4.78, 5) is 17.4. The van der Waals surface area contributed by atoms with Gasteiger partial charge in [0.25, 0.3) is 5.91 Å². The van der Waals surface area contributed by atoms with Gasteiger partial charge in [0.1, 0.15) is 11.4 Å². The fourth-order valence-electron chi connectivity index (χ4n) is 3.70. The van der Waals surface area contributed by atoms with E-state index in [0.717, 1.165) is 24.8 Å². The molecule has 4 rings (SSSR count). The summed E-state index contributed by atoms with van der Waals surface area (Å²) in [6.07, 6.45) is 0.823. The van der Waals surface area contributed by atoms with Gasteiger partial charge in [-0.05, 0) is 37.1 Å². The highest BCUT2D eigenvalue weighted by atomic mass is 32.2. The molecule has 2 aromatic carbocycles. The van der Waals surface area contributed by atoms with E-state index in [0.29, 0.717) is 29.5 Å². The van der Waals surface area contributed by atoms with E-state index < -0.39 is 5.54 Å². The number of hydrogen-bond acceptors (Lipinski definition) is 5. The van der Waals surface area contributed by atoms with Crippen LogP contribution in [0.1, 0.15) is 27.9 Å². The summed E-state index contributed by atoms with van der Waals surface area (Å²) in [6.45, 7) is 2.84. The number of aliphatic hydroxyl groups excluding tert-OH is 1. The lowest BCUT2D eigenvalue weighted by Crippen LogP contribution is -2.49. The first-order valence-corrected chi connectivity index (χ1v) is 10.5. The molecular formula is C22H25FN2O3S. The van der Waals surface area contributed by atoms with Crippen molar-refractivity contribution in [2.24, 2.45) is 10.9 Å². The molecule has 0 radical (unpaired) electrons. The molecule has 29 heavy (non-hydrogen) atoms. The lowest BCUT2D eigenvalue weighted by atomic mass is 9.76. The largest absolute Gasteiger partial charge is 0.400 e. The van der Waals surface area contributed by atoms with Crippen LogP contribution in [-0.4, -0.2) is 42.3 Å². The van der Waals surface area contributed by atoms with Crippen molar-refractivity contribution >= 4 is 22.8 Å². The molecule has 7 heteroatoms. The van der Waals surface area contributed by atoms with Gasteiger partial charge in [0.15, 0.2) is 5.17 Å². The maximum Gasteiger partial charge on any atom is 0.257 e. The van der Waals surface area contributed by atoms with Crippen LogP contribution in [0.25, 0.3) is 0 Å². The number of fused-ring (bicyclic) bond motifs is 1. The van der Waals surface area contributed by atoms with Gasteiger partial charge in [0, 0.05) is 36.5 Å². The molecule has 1 saturated heterocycles. The highest BCUT2D eigenvalue weighted by molar-refractivity contribution is 8.13. The number of nitrogens with one attached hydrogen (secondary N) is 1. The molecule has 2 atom stereocenters. The van der Waals surface area contributed by atoms with E-state index in [9.17, 15) is 9.18 Å². The number of amidine groups is 1. The van der Waals surface area contributed by atoms with E-state index >= 15 is 0 Å². The maximum atomic E-state index is 14.8. The van der Waals surface area contributed by atoms with Gasteiger partial charge >= 0.3 is 0 Å². The molecule has 2 N–H and O–H groups in total. The number of ether oxygens (including phenoxy) is 1. The molecule has 2 unspecified atom stereocenters. The van der Waals surface area contributed by atoms with E-state index in [2.05, 4.69) is 5.32 Å². The van der Waals surface area contributed by atoms with Gasteiger partial charge in [-0.15, -0.1) is 0 Å². The van der Waals surface area contributed by atoms with Crippen molar-refractivity contribution in [3.63, 3.8) is 0 Å². The summed E-state index contributed by atoms with van der Waals surface area (Å²) in [5, 5.41) is 10.4. The molecule has 0 spiro atoms. The lowest BCUT2D eigenvalue weighted by Gasteiger charge is -2.44. The van der Waals surface area contributed by atoms with Crippen molar-refractivity contribution in [3.05, 3.63) is 71.0 Å². The minimum absolute atomic E-state index is 0.172. The van der Waals surface area contributed by atoms with Gasteiger partial charge in [0.05, 0.1) is 6.61 Å². The molecule has 2 aliphatic rings. The Morgan fingerprint density at radius 1 is 1.28 bits per heavy atom. The summed E-state index contributed by atoms with van der Waals surface area (Å²) in [7, 11) is 1.00. The first-order valence-electron chi connectivity index (χ1n) is 9.47. The van der Waals surface area contributed by atoms with Crippen molar-refractivity contribution in [3.8, 4) is 0 Å². The van der Waals surface area contributed by atoms with Gasteiger partial charge in [0.2, 0.25) is 0 Å². The third kappa shape index (κ3) is 4.52. The normalized spacial score (nSPS) is 23.2. The molecular weight excluding hydrogens is 391 g/mol. The van der Waals surface area contributed by atoms with E-state index in [-0.39, 0.29) is 17.6 Å². The Labute approximate surface area is 174 Å². The smallest absolute Gasteiger partial charge is 0.257 e. The summed E-state index contributed by atoms with van der Waals surface area (Å²) < 4.78 is 20.6. The molecule has 0 aliphatic carbocycles. The Hall–Kier alpha value is -2.22. The molecule has 0 aromatic heterocycles. The van der Waals surface area contributed by atoms with Gasteiger partial charge in [-0.1, -0.05) is 42.1 Å². The first kappa shape index (κ1) is 21.5. The van der Waals surface area contributed by atoms with Crippen molar-refractivity contribution in [1.29, 1.82) is 0 Å². The quantitative estimate of drug-likeness (QED) is 0.786. The number of halogens is 1. The average molecular weight is 417 g/mol. The van der Waals surface area contributed by atoms with E-state index in [1.807, 2.05) is 37.3 Å². The second-order valence-corrected chi connectivity index (χ2v) is 8.00. The Bertz CT molecular complexity index is 891. The van der Waals surface area contributed by atoms with E-state index in [1.165, 1.54) is 17.8 Å². The van der Waals surface area contributed by atoms with Crippen molar-refractivity contribution < 1.29 is 19.0 Å². The number of aliphatic hydroxyl groups is 1. The maximum absolute atomic E-state index is 14.8. The van der Waals surface area contributed by atoms with Gasteiger partial charge in [-0.25, -0.2) is 9.38 Å². The molecule has 0 bridgehead atoms. The zero-order valence-electron chi connectivity index (χ0n) is 16.5. The predicted molar refractivity (Wildman–Crippen MR) is 114 cm³/mol. The monoisotopic (exact) mass is 416 g/mol. The fourth-order valence-corrected chi connectivity index (χ4v) is 4.89. The minimum Gasteiger partial charge on any atom is -0.400 e. The van der Waals surface area contributed by atoms with E-state index in [1.54, 1.807) is 12.1 Å². The number of amides is 1. The standard InChI is InChI=1S/C21H21FN2O2S.CH4O/c1-14-7-8-17(18(22)11-14)21-13-26-10-9-16(21)12-27-20(24-21)23-19(25)15-5-3-2-4-6-15;1-2/h2-8,11,16H,9-10,12-13H2,1H3,(H,23,24,25);2H,1H3. The van der Waals surface area contributed by atoms with Crippen LogP contribution in [0.4, 0.5) is 4.39 Å². The van der Waals surface area contributed by atoms with Crippen LogP contribution in [0.3, 0.4) is 0 Å². The Kier molecular flexibility index (Phi) is 7.05. The lowest BCUT2D eigenvalue weighted by molar-refractivity contribution is 0.00289. The Morgan fingerprint density at radius 2 is 2.03 bits per heavy atom. The van der Waals surface area contributed by atoms with Crippen LogP contribution in [0, 0.1) is 18.7 Å². The molecule has 2 heterocycles. The summed E-state index contributed by atoms with van der Waals surface area (Å²) in [5.41, 5.74) is 1.19. The minimum atomic E-state index is -0.791. The van der Waals surface area contributed by atoms with Gasteiger partial charge < -0.3 is 15.2 Å². The summed E-state index contributed by atoms with van der Waals surface area (Å²) in [5.74, 6) is 0.460. The molecule has 5 nitrogen and oxygen atoms in total. The second kappa shape index (κ2) is 9.52. The predicted octanol–water partition coefficient (Wildman–Crippen LogP) is 3.51. The van der Waals surface area contributed by atoms with Crippen LogP contribution in [0.2, 0.25) is 0 Å². The second-order valence-electron chi connectivity index (χ2n) is 6.99. The molecule has 154 valence electrons. The summed E-state index contributed by atoms with van der Waals surface area (Å²) >= 11 is 1.51. The number of aryl methyl sites for hydroxylation is 1. The number of carbonyl (C=O) groups is 1. The average Bonchev–Trinajstić information content (AvgIpc) is 2.75. The molecule has 2 aliphatic heterocycles. The SMILES string of the molecule is CO.Cc1ccc(C23COCCC2CSC(NC(=O)c2ccccc2)=N3)c(F)c1. The van der Waals surface area contributed by atoms with Crippen LogP contribution in [0.5, 0.6) is 0 Å². The molecule has 1 fully saturated rings. The number of thioether (sulfide) groups is 1. The number of nitrogens with zero attached hydrogens (tertiary/aromatic N) is 1. The van der Waals surface area contributed by atoms with Crippen LogP contribution in [-0.2, 0) is 10.3 Å². The number of rotatable bonds is 2. The van der Waals surface area contributed by atoms with Crippen molar-refractivity contribution in [1.82, 2.24) is 5.32 Å². The van der Waals surface area contributed by atoms with Crippen molar-refractivity contribution in [2.45, 2.75) is 18.9 Å². The molecule has 1 amide bonds. The van der Waals surface area contributed by atoms with Gasteiger partial charge in [-0.2, -0.15) is 0 Å². The van der Waals surface area contributed by atoms with Gasteiger partial charge in [-0.3, -0.25) is 4.79 Å². The Morgan fingerprint density at radius 3 is 2.76 bits per heavy atom. The highest BCUT2D eigenvalue weighted by Gasteiger charge is 2.47. The van der Waals surface area contributed by atoms with E-state index in [4.69, 9.17) is 14.8 Å². The van der Waals surface area contributed by atoms with Crippen LogP contribution in [0.15, 0.2) is 53.5 Å². The third-order valence-electron chi connectivity index (χ3n) is 5.18. The van der Waals surface area contributed by atoms with Crippen LogP contribution >= 0.6 is 11.8 Å². The number of aliphatic imine (C=N–C) groups is 1. The zero-order chi connectivity index (χ0) is 20.9. The first-order chi connectivity index (χ1) is 14.1. The van der Waals surface area contributed by atoms with Crippen LogP contribution < -0.4 is 5.32 Å². The number of carbonyl (C=O) groups excluding carboxylic acids is 1. The fraction of sp³-hybridized carbons (Fsp3) is 0.364. The third-order valence-corrected chi connectivity index (χ3v) is 6.21. The Balaban J connectivity index is 0.00000117. The number of benzene rings is 2. The zero-order valence-corrected chi connectivity index (χ0v) is 17.3. The number of hydrogen-bond donors (Lipinski definition) is 2.